The van der Waals surface area contributed by atoms with Crippen LogP contribution in [0.25, 0.3) is 0 Å². The number of benzene rings is 1. The number of nitrogens with two attached hydrogens (primary N) is 1. The van der Waals surface area contributed by atoms with Gasteiger partial charge in [-0.1, -0.05) is 12.1 Å². The van der Waals surface area contributed by atoms with Gasteiger partial charge in [-0.3, -0.25) is 0 Å². The van der Waals surface area contributed by atoms with Gasteiger partial charge in [0.2, 0.25) is 0 Å². The Hall–Kier alpha value is -1.48. The highest BCUT2D eigenvalue weighted by Crippen LogP contribution is 2.21. The molecule has 0 spiro atoms. The van der Waals surface area contributed by atoms with Crippen molar-refractivity contribution in [2.24, 2.45) is 0 Å². The van der Waals surface area contributed by atoms with E-state index in [9.17, 15) is 0 Å². The van der Waals surface area contributed by atoms with E-state index >= 15 is 0 Å². The molecule has 0 saturated heterocycles. The largest absolute Gasteiger partial charge is 0.397 e. The van der Waals surface area contributed by atoms with E-state index in [1.165, 1.54) is 10.4 Å². The maximum atomic E-state index is 5.95. The number of nitrogens with one attached hydrogen (secondary N) is 1. The SMILES string of the molecule is Cc1ccc(N)c(NC(C)Cc2cccs2)c1. The Morgan fingerprint density at radius 3 is 2.88 bits per heavy atom. The van der Waals surface area contributed by atoms with Crippen LogP contribution in [0.15, 0.2) is 35.7 Å². The van der Waals surface area contributed by atoms with Crippen LogP contribution in [-0.2, 0) is 6.42 Å². The lowest BCUT2D eigenvalue weighted by molar-refractivity contribution is 0.801. The first-order chi connectivity index (χ1) is 8.15. The zero-order valence-corrected chi connectivity index (χ0v) is 11.1. The van der Waals surface area contributed by atoms with Gasteiger partial charge in [-0.25, -0.2) is 0 Å². The Balaban J connectivity index is 2.02. The molecule has 2 aromatic rings. The van der Waals surface area contributed by atoms with Gasteiger partial charge in [-0.05, 0) is 43.0 Å². The molecule has 0 bridgehead atoms. The Morgan fingerprint density at radius 2 is 2.18 bits per heavy atom. The van der Waals surface area contributed by atoms with Crippen molar-refractivity contribution >= 4 is 22.7 Å². The first-order valence-electron chi connectivity index (χ1n) is 5.80. The number of hydrogen-bond acceptors (Lipinski definition) is 3. The molecule has 1 heterocycles. The monoisotopic (exact) mass is 246 g/mol. The van der Waals surface area contributed by atoms with Crippen molar-refractivity contribution in [3.63, 3.8) is 0 Å². The second-order valence-electron chi connectivity index (χ2n) is 4.42. The average molecular weight is 246 g/mol. The smallest absolute Gasteiger partial charge is 0.0578 e. The molecule has 0 aliphatic rings. The molecule has 1 atom stereocenters. The summed E-state index contributed by atoms with van der Waals surface area (Å²) in [6.07, 6.45) is 1.03. The fourth-order valence-corrected chi connectivity index (χ4v) is 2.68. The quantitative estimate of drug-likeness (QED) is 0.808. The normalized spacial score (nSPS) is 12.4. The molecule has 0 radical (unpaired) electrons. The maximum Gasteiger partial charge on any atom is 0.0578 e. The molecule has 1 aromatic carbocycles. The van der Waals surface area contributed by atoms with E-state index in [2.05, 4.69) is 42.7 Å². The third-order valence-corrected chi connectivity index (χ3v) is 3.60. The molecule has 17 heavy (non-hydrogen) atoms. The standard InChI is InChI=1S/C14H18N2S/c1-10-5-6-13(15)14(8-10)16-11(2)9-12-4-3-7-17-12/h3-8,11,16H,9,15H2,1-2H3. The van der Waals surface area contributed by atoms with Gasteiger partial charge in [0.15, 0.2) is 0 Å². The predicted octanol–water partition coefficient (Wildman–Crippen LogP) is 3.68. The van der Waals surface area contributed by atoms with Crippen LogP contribution in [0, 0.1) is 6.92 Å². The zero-order chi connectivity index (χ0) is 12.3. The average Bonchev–Trinajstić information content (AvgIpc) is 2.76. The van der Waals surface area contributed by atoms with E-state index in [0.717, 1.165) is 17.8 Å². The second kappa shape index (κ2) is 5.23. The highest BCUT2D eigenvalue weighted by Gasteiger charge is 2.06. The molecule has 1 aromatic heterocycles. The van der Waals surface area contributed by atoms with Gasteiger partial charge in [0.1, 0.15) is 0 Å². The Labute approximate surface area is 106 Å². The van der Waals surface area contributed by atoms with Crippen molar-refractivity contribution < 1.29 is 0 Å². The molecule has 0 saturated carbocycles. The molecular formula is C14H18N2S. The van der Waals surface area contributed by atoms with Crippen molar-refractivity contribution in [2.75, 3.05) is 11.1 Å². The summed E-state index contributed by atoms with van der Waals surface area (Å²) < 4.78 is 0. The summed E-state index contributed by atoms with van der Waals surface area (Å²) in [7, 11) is 0. The first kappa shape index (κ1) is 12.0. The molecule has 0 amide bonds. The predicted molar refractivity (Wildman–Crippen MR) is 76.7 cm³/mol. The summed E-state index contributed by atoms with van der Waals surface area (Å²) in [5.41, 5.74) is 9.03. The van der Waals surface area contributed by atoms with Crippen LogP contribution < -0.4 is 11.1 Å². The fraction of sp³-hybridized carbons (Fsp3) is 0.286. The van der Waals surface area contributed by atoms with Gasteiger partial charge in [-0.15, -0.1) is 11.3 Å². The third kappa shape index (κ3) is 3.24. The van der Waals surface area contributed by atoms with Crippen LogP contribution >= 0.6 is 11.3 Å². The summed E-state index contributed by atoms with van der Waals surface area (Å²) >= 11 is 1.80. The summed E-state index contributed by atoms with van der Waals surface area (Å²) in [6, 6.07) is 10.7. The van der Waals surface area contributed by atoms with Crippen molar-refractivity contribution in [1.29, 1.82) is 0 Å². The molecule has 2 rings (SSSR count). The molecular weight excluding hydrogens is 228 g/mol. The molecule has 3 heteroatoms. The second-order valence-corrected chi connectivity index (χ2v) is 5.45. The lowest BCUT2D eigenvalue weighted by atomic mass is 10.1. The fourth-order valence-electron chi connectivity index (χ4n) is 1.84. The Bertz CT molecular complexity index is 477. The number of thiophene rings is 1. The van der Waals surface area contributed by atoms with Crippen LogP contribution in [0.1, 0.15) is 17.4 Å². The summed E-state index contributed by atoms with van der Waals surface area (Å²) in [6.45, 7) is 4.26. The maximum absolute atomic E-state index is 5.95. The highest BCUT2D eigenvalue weighted by atomic mass is 32.1. The minimum atomic E-state index is 0.387. The van der Waals surface area contributed by atoms with Crippen molar-refractivity contribution in [2.45, 2.75) is 26.3 Å². The number of anilines is 2. The summed E-state index contributed by atoms with van der Waals surface area (Å²) in [5, 5.41) is 5.59. The molecule has 0 fully saturated rings. The van der Waals surface area contributed by atoms with E-state index in [1.807, 2.05) is 12.1 Å². The molecule has 90 valence electrons. The van der Waals surface area contributed by atoms with Gasteiger partial charge < -0.3 is 11.1 Å². The van der Waals surface area contributed by atoms with Gasteiger partial charge >= 0.3 is 0 Å². The van der Waals surface area contributed by atoms with Crippen LogP contribution in [0.3, 0.4) is 0 Å². The first-order valence-corrected chi connectivity index (χ1v) is 6.68. The van der Waals surface area contributed by atoms with E-state index in [-0.39, 0.29) is 0 Å². The third-order valence-electron chi connectivity index (χ3n) is 2.70. The molecule has 0 aliphatic heterocycles. The van der Waals surface area contributed by atoms with E-state index in [1.54, 1.807) is 11.3 Å². The molecule has 0 aliphatic carbocycles. The van der Waals surface area contributed by atoms with Gasteiger partial charge in [0.05, 0.1) is 11.4 Å². The molecule has 1 unspecified atom stereocenters. The van der Waals surface area contributed by atoms with Crippen molar-refractivity contribution in [3.05, 3.63) is 46.2 Å². The number of nitrogen functional groups attached to an aromatic ring is 1. The van der Waals surface area contributed by atoms with Crippen molar-refractivity contribution in [3.8, 4) is 0 Å². The Kier molecular flexibility index (Phi) is 3.69. The lowest BCUT2D eigenvalue weighted by Gasteiger charge is -2.16. The topological polar surface area (TPSA) is 38.0 Å². The van der Waals surface area contributed by atoms with Crippen LogP contribution in [-0.4, -0.2) is 6.04 Å². The summed E-state index contributed by atoms with van der Waals surface area (Å²) in [5.74, 6) is 0. The van der Waals surface area contributed by atoms with E-state index in [4.69, 9.17) is 5.73 Å². The van der Waals surface area contributed by atoms with Crippen molar-refractivity contribution in [1.82, 2.24) is 0 Å². The van der Waals surface area contributed by atoms with E-state index in [0.29, 0.717) is 6.04 Å². The van der Waals surface area contributed by atoms with Crippen LogP contribution in [0.2, 0.25) is 0 Å². The zero-order valence-electron chi connectivity index (χ0n) is 10.2. The van der Waals surface area contributed by atoms with Gasteiger partial charge in [0, 0.05) is 17.3 Å². The van der Waals surface area contributed by atoms with E-state index < -0.39 is 0 Å². The lowest BCUT2D eigenvalue weighted by Crippen LogP contribution is -2.18. The molecule has 3 N–H and O–H groups in total. The van der Waals surface area contributed by atoms with Crippen LogP contribution in [0.5, 0.6) is 0 Å². The number of hydrogen-bond donors (Lipinski definition) is 2. The van der Waals surface area contributed by atoms with Gasteiger partial charge in [-0.2, -0.15) is 0 Å². The molecule has 2 nitrogen and oxygen atoms in total. The number of rotatable bonds is 4. The van der Waals surface area contributed by atoms with Crippen LogP contribution in [0.4, 0.5) is 11.4 Å². The highest BCUT2D eigenvalue weighted by molar-refractivity contribution is 7.09. The van der Waals surface area contributed by atoms with Gasteiger partial charge in [0.25, 0.3) is 0 Å². The minimum absolute atomic E-state index is 0.387. The summed E-state index contributed by atoms with van der Waals surface area (Å²) in [4.78, 5) is 1.40. The Morgan fingerprint density at radius 1 is 1.35 bits per heavy atom. The number of aryl methyl sites for hydroxylation is 1. The minimum Gasteiger partial charge on any atom is -0.397 e.